The van der Waals surface area contributed by atoms with Gasteiger partial charge in [0.2, 0.25) is 0 Å². The van der Waals surface area contributed by atoms with Crippen molar-refractivity contribution in [3.63, 3.8) is 0 Å². The van der Waals surface area contributed by atoms with Crippen molar-refractivity contribution in [2.45, 2.75) is 64.1 Å². The summed E-state index contributed by atoms with van der Waals surface area (Å²) in [5.74, 6) is 0.882. The molecule has 0 aliphatic heterocycles. The first-order chi connectivity index (χ1) is 9.74. The zero-order chi connectivity index (χ0) is 13.9. The Bertz CT molecular complexity index is 439. The normalized spacial score (nSPS) is 26.5. The molecule has 0 amide bonds. The van der Waals surface area contributed by atoms with E-state index in [9.17, 15) is 0 Å². The molecule has 0 radical (unpaired) electrons. The molecule has 2 aliphatic carbocycles. The molecule has 3 rings (SSSR count). The minimum absolute atomic E-state index is 0.723. The van der Waals surface area contributed by atoms with Crippen LogP contribution in [0.4, 0.5) is 5.69 Å². The molecule has 1 aromatic rings. The Hall–Kier alpha value is -1.02. The standard InChI is InChI=1S/C18H28N2/c1-14-6-5-8-17(12-14)20(2)18-9-4-3-7-15(18)13-19-16-10-11-16/h3-4,7,9,14,16-17,19H,5-6,8,10-13H2,1-2H3. The molecular formula is C18H28N2. The van der Waals surface area contributed by atoms with Gasteiger partial charge in [0, 0.05) is 31.4 Å². The summed E-state index contributed by atoms with van der Waals surface area (Å²) in [6, 6.07) is 10.4. The Labute approximate surface area is 123 Å². The predicted molar refractivity (Wildman–Crippen MR) is 86.1 cm³/mol. The van der Waals surface area contributed by atoms with E-state index in [1.54, 1.807) is 0 Å². The lowest BCUT2D eigenvalue weighted by Gasteiger charge is -2.36. The van der Waals surface area contributed by atoms with Gasteiger partial charge in [-0.25, -0.2) is 0 Å². The zero-order valence-electron chi connectivity index (χ0n) is 12.9. The first-order valence-corrected chi connectivity index (χ1v) is 8.28. The zero-order valence-corrected chi connectivity index (χ0v) is 12.9. The van der Waals surface area contributed by atoms with Gasteiger partial charge in [0.25, 0.3) is 0 Å². The van der Waals surface area contributed by atoms with Crippen molar-refractivity contribution >= 4 is 5.69 Å². The third-order valence-corrected chi connectivity index (χ3v) is 4.99. The van der Waals surface area contributed by atoms with E-state index in [4.69, 9.17) is 0 Å². The average molecular weight is 272 g/mol. The van der Waals surface area contributed by atoms with Crippen molar-refractivity contribution in [3.05, 3.63) is 29.8 Å². The predicted octanol–water partition coefficient (Wildman–Crippen LogP) is 3.95. The Morgan fingerprint density at radius 3 is 2.70 bits per heavy atom. The highest BCUT2D eigenvalue weighted by atomic mass is 15.1. The number of anilines is 1. The van der Waals surface area contributed by atoms with Gasteiger partial charge in [-0.3, -0.25) is 0 Å². The molecule has 2 atom stereocenters. The van der Waals surface area contributed by atoms with E-state index in [-0.39, 0.29) is 0 Å². The highest BCUT2D eigenvalue weighted by Gasteiger charge is 2.24. The van der Waals surface area contributed by atoms with E-state index in [1.165, 1.54) is 49.8 Å². The van der Waals surface area contributed by atoms with E-state index < -0.39 is 0 Å². The van der Waals surface area contributed by atoms with Crippen LogP contribution in [0.1, 0.15) is 51.0 Å². The fourth-order valence-electron chi connectivity index (χ4n) is 3.50. The molecule has 2 unspecified atom stereocenters. The maximum absolute atomic E-state index is 3.65. The van der Waals surface area contributed by atoms with Crippen LogP contribution in [0.3, 0.4) is 0 Å². The van der Waals surface area contributed by atoms with Crippen LogP contribution >= 0.6 is 0 Å². The first-order valence-electron chi connectivity index (χ1n) is 8.28. The van der Waals surface area contributed by atoms with Gasteiger partial charge in [0.05, 0.1) is 0 Å². The molecule has 0 bridgehead atoms. The maximum atomic E-state index is 3.65. The van der Waals surface area contributed by atoms with Crippen LogP contribution in [0.15, 0.2) is 24.3 Å². The third-order valence-electron chi connectivity index (χ3n) is 4.99. The Morgan fingerprint density at radius 1 is 1.15 bits per heavy atom. The molecule has 0 spiro atoms. The molecule has 2 nitrogen and oxygen atoms in total. The molecule has 0 aromatic heterocycles. The van der Waals surface area contributed by atoms with Gasteiger partial charge in [0.15, 0.2) is 0 Å². The van der Waals surface area contributed by atoms with Crippen LogP contribution in [0.25, 0.3) is 0 Å². The number of hydrogen-bond acceptors (Lipinski definition) is 2. The summed E-state index contributed by atoms with van der Waals surface area (Å²) >= 11 is 0. The molecule has 20 heavy (non-hydrogen) atoms. The van der Waals surface area contributed by atoms with E-state index in [1.807, 2.05) is 0 Å². The summed E-state index contributed by atoms with van der Waals surface area (Å²) < 4.78 is 0. The van der Waals surface area contributed by atoms with Crippen LogP contribution in [-0.4, -0.2) is 19.1 Å². The van der Waals surface area contributed by atoms with E-state index >= 15 is 0 Å². The first kappa shape index (κ1) is 13.9. The fourth-order valence-corrected chi connectivity index (χ4v) is 3.50. The van der Waals surface area contributed by atoms with Crippen molar-refractivity contribution in [2.75, 3.05) is 11.9 Å². The lowest BCUT2D eigenvalue weighted by Crippen LogP contribution is -2.36. The molecule has 0 heterocycles. The molecule has 1 N–H and O–H groups in total. The second-order valence-electron chi connectivity index (χ2n) is 6.82. The molecule has 2 saturated carbocycles. The minimum atomic E-state index is 0.723. The Morgan fingerprint density at radius 2 is 1.95 bits per heavy atom. The van der Waals surface area contributed by atoms with Crippen molar-refractivity contribution in [3.8, 4) is 0 Å². The molecule has 2 fully saturated rings. The topological polar surface area (TPSA) is 15.3 Å². The van der Waals surface area contributed by atoms with Crippen molar-refractivity contribution in [1.29, 1.82) is 0 Å². The van der Waals surface area contributed by atoms with Crippen LogP contribution in [0, 0.1) is 5.92 Å². The molecule has 1 aromatic carbocycles. The van der Waals surface area contributed by atoms with Crippen LogP contribution in [0.2, 0.25) is 0 Å². The quantitative estimate of drug-likeness (QED) is 0.873. The number of benzene rings is 1. The van der Waals surface area contributed by atoms with Gasteiger partial charge in [-0.1, -0.05) is 38.0 Å². The van der Waals surface area contributed by atoms with Gasteiger partial charge < -0.3 is 10.2 Å². The minimum Gasteiger partial charge on any atom is -0.371 e. The summed E-state index contributed by atoms with van der Waals surface area (Å²) in [6.07, 6.45) is 8.22. The van der Waals surface area contributed by atoms with Gasteiger partial charge in [-0.05, 0) is 43.2 Å². The molecule has 2 aliphatic rings. The SMILES string of the molecule is CC1CCCC(N(C)c2ccccc2CNC2CC2)C1. The van der Waals surface area contributed by atoms with Gasteiger partial charge in [-0.2, -0.15) is 0 Å². The second kappa shape index (κ2) is 6.17. The number of nitrogens with one attached hydrogen (secondary N) is 1. The number of nitrogens with zero attached hydrogens (tertiary/aromatic N) is 1. The summed E-state index contributed by atoms with van der Waals surface area (Å²) in [6.45, 7) is 3.42. The fraction of sp³-hybridized carbons (Fsp3) is 0.667. The number of hydrogen-bond donors (Lipinski definition) is 1. The summed E-state index contributed by atoms with van der Waals surface area (Å²) in [5, 5.41) is 3.65. The monoisotopic (exact) mass is 272 g/mol. The summed E-state index contributed by atoms with van der Waals surface area (Å²) in [5.41, 5.74) is 2.89. The Balaban J connectivity index is 1.70. The van der Waals surface area contributed by atoms with Gasteiger partial charge in [0.1, 0.15) is 0 Å². The lowest BCUT2D eigenvalue weighted by molar-refractivity contribution is 0.336. The van der Waals surface area contributed by atoms with Crippen molar-refractivity contribution in [2.24, 2.45) is 5.92 Å². The van der Waals surface area contributed by atoms with Gasteiger partial charge >= 0.3 is 0 Å². The van der Waals surface area contributed by atoms with Crippen LogP contribution in [0.5, 0.6) is 0 Å². The highest BCUT2D eigenvalue weighted by Crippen LogP contribution is 2.31. The molecular weight excluding hydrogens is 244 g/mol. The largest absolute Gasteiger partial charge is 0.371 e. The number of rotatable bonds is 5. The summed E-state index contributed by atoms with van der Waals surface area (Å²) in [7, 11) is 2.29. The second-order valence-corrected chi connectivity index (χ2v) is 6.82. The number of para-hydroxylation sites is 1. The Kier molecular flexibility index (Phi) is 4.30. The molecule has 110 valence electrons. The van der Waals surface area contributed by atoms with E-state index in [0.29, 0.717) is 0 Å². The highest BCUT2D eigenvalue weighted by molar-refractivity contribution is 5.54. The van der Waals surface area contributed by atoms with Crippen LogP contribution < -0.4 is 10.2 Å². The average Bonchev–Trinajstić information content (AvgIpc) is 3.29. The van der Waals surface area contributed by atoms with Crippen molar-refractivity contribution < 1.29 is 0 Å². The third kappa shape index (κ3) is 3.35. The van der Waals surface area contributed by atoms with E-state index in [2.05, 4.69) is 48.5 Å². The molecule has 0 saturated heterocycles. The summed E-state index contributed by atoms with van der Waals surface area (Å²) in [4.78, 5) is 2.54. The smallest absolute Gasteiger partial charge is 0.0411 e. The van der Waals surface area contributed by atoms with Crippen LogP contribution in [-0.2, 0) is 6.54 Å². The maximum Gasteiger partial charge on any atom is 0.0411 e. The van der Waals surface area contributed by atoms with E-state index in [0.717, 1.165) is 24.5 Å². The van der Waals surface area contributed by atoms with Crippen molar-refractivity contribution in [1.82, 2.24) is 5.32 Å². The molecule has 2 heteroatoms. The lowest BCUT2D eigenvalue weighted by atomic mass is 9.86. The van der Waals surface area contributed by atoms with Gasteiger partial charge in [-0.15, -0.1) is 0 Å².